The predicted octanol–water partition coefficient (Wildman–Crippen LogP) is 1.19. The van der Waals surface area contributed by atoms with Crippen LogP contribution in [0.15, 0.2) is 12.3 Å². The van der Waals surface area contributed by atoms with Crippen molar-refractivity contribution in [1.82, 2.24) is 16.0 Å². The van der Waals surface area contributed by atoms with Gasteiger partial charge in [0, 0.05) is 18.7 Å². The summed E-state index contributed by atoms with van der Waals surface area (Å²) in [6.07, 6.45) is 4.58. The van der Waals surface area contributed by atoms with E-state index in [1.807, 2.05) is 0 Å². The van der Waals surface area contributed by atoms with Crippen LogP contribution in [0, 0.1) is 5.92 Å². The van der Waals surface area contributed by atoms with Crippen molar-refractivity contribution in [3.8, 4) is 0 Å². The second-order valence-electron chi connectivity index (χ2n) is 5.12. The van der Waals surface area contributed by atoms with Crippen molar-refractivity contribution < 1.29 is 24.2 Å². The van der Waals surface area contributed by atoms with Crippen LogP contribution in [0.2, 0.25) is 0 Å². The van der Waals surface area contributed by atoms with Crippen LogP contribution >= 0.6 is 0 Å². The summed E-state index contributed by atoms with van der Waals surface area (Å²) in [5.74, 6) is -0.238. The fourth-order valence-corrected chi connectivity index (χ4v) is 2.32. The molecule has 0 spiro atoms. The summed E-state index contributed by atoms with van der Waals surface area (Å²) < 4.78 is 4.87. The highest BCUT2D eigenvalue weighted by Crippen LogP contribution is 2.23. The molecule has 4 N–H and O–H groups in total. The van der Waals surface area contributed by atoms with Gasteiger partial charge in [-0.15, -0.1) is 0 Å². The number of carboxylic acid groups (broad SMARTS) is 1. The van der Waals surface area contributed by atoms with Crippen molar-refractivity contribution in [3.63, 3.8) is 0 Å². The van der Waals surface area contributed by atoms with Gasteiger partial charge in [-0.3, -0.25) is 10.1 Å². The van der Waals surface area contributed by atoms with Gasteiger partial charge in [0.15, 0.2) is 0 Å². The van der Waals surface area contributed by atoms with E-state index >= 15 is 0 Å². The number of imide groups is 1. The van der Waals surface area contributed by atoms with Crippen molar-refractivity contribution >= 4 is 18.0 Å². The van der Waals surface area contributed by atoms with E-state index in [2.05, 4.69) is 16.0 Å². The zero-order valence-corrected chi connectivity index (χ0v) is 12.6. The zero-order valence-electron chi connectivity index (χ0n) is 12.6. The summed E-state index contributed by atoms with van der Waals surface area (Å²) in [4.78, 5) is 33.4. The van der Waals surface area contributed by atoms with Crippen molar-refractivity contribution in [2.45, 2.75) is 38.6 Å². The number of hydrogen-bond donors (Lipinski definition) is 4. The summed E-state index contributed by atoms with van der Waals surface area (Å²) in [5, 5.41) is 15.9. The molecule has 0 bridgehead atoms. The SMILES string of the molecule is CCOC=CC(=O)NC(=O)N[C@H]1CC[C@H](CNC(=O)O)CC1. The third kappa shape index (κ3) is 7.51. The monoisotopic (exact) mass is 313 g/mol. The molecule has 1 rings (SSSR count). The van der Waals surface area contributed by atoms with Crippen LogP contribution in [0.5, 0.6) is 0 Å². The van der Waals surface area contributed by atoms with Crippen molar-refractivity contribution in [1.29, 1.82) is 0 Å². The Hall–Kier alpha value is -2.25. The lowest BCUT2D eigenvalue weighted by Crippen LogP contribution is -2.45. The molecule has 8 heteroatoms. The van der Waals surface area contributed by atoms with Crippen LogP contribution in [0.25, 0.3) is 0 Å². The molecule has 1 aliphatic carbocycles. The molecule has 0 unspecified atom stereocenters. The van der Waals surface area contributed by atoms with Crippen LogP contribution in [-0.2, 0) is 9.53 Å². The molecule has 1 aliphatic rings. The lowest BCUT2D eigenvalue weighted by atomic mass is 9.86. The molecule has 8 nitrogen and oxygen atoms in total. The Bertz CT molecular complexity index is 417. The molecule has 22 heavy (non-hydrogen) atoms. The van der Waals surface area contributed by atoms with Gasteiger partial charge in [-0.25, -0.2) is 9.59 Å². The van der Waals surface area contributed by atoms with Gasteiger partial charge in [-0.2, -0.15) is 0 Å². The molecular formula is C14H23N3O5. The number of amides is 4. The Morgan fingerprint density at radius 2 is 1.91 bits per heavy atom. The van der Waals surface area contributed by atoms with Crippen molar-refractivity contribution in [2.75, 3.05) is 13.2 Å². The molecular weight excluding hydrogens is 290 g/mol. The Kier molecular flexibility index (Phi) is 7.80. The van der Waals surface area contributed by atoms with Gasteiger partial charge in [0.1, 0.15) is 0 Å². The summed E-state index contributed by atoms with van der Waals surface area (Å²) in [7, 11) is 0. The lowest BCUT2D eigenvalue weighted by Gasteiger charge is -2.28. The minimum Gasteiger partial charge on any atom is -0.501 e. The highest BCUT2D eigenvalue weighted by Gasteiger charge is 2.22. The third-order valence-electron chi connectivity index (χ3n) is 3.44. The lowest BCUT2D eigenvalue weighted by molar-refractivity contribution is -0.115. The largest absolute Gasteiger partial charge is 0.501 e. The van der Waals surface area contributed by atoms with E-state index < -0.39 is 18.0 Å². The van der Waals surface area contributed by atoms with Crippen LogP contribution < -0.4 is 16.0 Å². The number of urea groups is 1. The Morgan fingerprint density at radius 1 is 1.23 bits per heavy atom. The third-order valence-corrected chi connectivity index (χ3v) is 3.44. The number of carbonyl (C=O) groups is 3. The Labute approximate surface area is 129 Å². The van der Waals surface area contributed by atoms with E-state index in [1.54, 1.807) is 6.92 Å². The quantitative estimate of drug-likeness (QED) is 0.434. The fourth-order valence-electron chi connectivity index (χ4n) is 2.32. The molecule has 0 atom stereocenters. The Morgan fingerprint density at radius 3 is 2.50 bits per heavy atom. The first-order valence-electron chi connectivity index (χ1n) is 7.37. The zero-order chi connectivity index (χ0) is 16.4. The summed E-state index contributed by atoms with van der Waals surface area (Å²) in [6.45, 7) is 2.68. The summed E-state index contributed by atoms with van der Waals surface area (Å²) in [5.41, 5.74) is 0. The van der Waals surface area contributed by atoms with Gasteiger partial charge in [0.2, 0.25) is 0 Å². The van der Waals surface area contributed by atoms with Gasteiger partial charge in [0.05, 0.1) is 12.9 Å². The molecule has 0 radical (unpaired) electrons. The first-order valence-corrected chi connectivity index (χ1v) is 7.37. The van der Waals surface area contributed by atoms with Crippen LogP contribution in [0.4, 0.5) is 9.59 Å². The molecule has 0 aromatic rings. The number of ether oxygens (including phenoxy) is 1. The van der Waals surface area contributed by atoms with Crippen LogP contribution in [0.3, 0.4) is 0 Å². The van der Waals surface area contributed by atoms with Crippen LogP contribution in [0.1, 0.15) is 32.6 Å². The molecule has 0 saturated heterocycles. The predicted molar refractivity (Wildman–Crippen MR) is 79.2 cm³/mol. The molecule has 0 heterocycles. The Balaban J connectivity index is 2.21. The molecule has 1 fully saturated rings. The normalized spacial score (nSPS) is 21.1. The molecule has 0 aliphatic heterocycles. The minimum absolute atomic E-state index is 0.00440. The van der Waals surface area contributed by atoms with E-state index in [1.165, 1.54) is 6.26 Å². The van der Waals surface area contributed by atoms with E-state index in [9.17, 15) is 14.4 Å². The minimum atomic E-state index is -1.02. The van der Waals surface area contributed by atoms with Gasteiger partial charge in [0.25, 0.3) is 5.91 Å². The van der Waals surface area contributed by atoms with Gasteiger partial charge in [-0.1, -0.05) is 0 Å². The summed E-state index contributed by atoms with van der Waals surface area (Å²) >= 11 is 0. The fraction of sp³-hybridized carbons (Fsp3) is 0.643. The van der Waals surface area contributed by atoms with Gasteiger partial charge >= 0.3 is 12.1 Å². The van der Waals surface area contributed by atoms with E-state index in [-0.39, 0.29) is 6.04 Å². The van der Waals surface area contributed by atoms with Gasteiger partial charge in [-0.05, 0) is 38.5 Å². The van der Waals surface area contributed by atoms with E-state index in [4.69, 9.17) is 9.84 Å². The first kappa shape index (κ1) is 17.8. The van der Waals surface area contributed by atoms with Crippen molar-refractivity contribution in [2.24, 2.45) is 5.92 Å². The molecule has 0 aromatic heterocycles. The maximum atomic E-state index is 11.6. The summed E-state index contributed by atoms with van der Waals surface area (Å²) in [6, 6.07) is -0.525. The molecule has 1 saturated carbocycles. The maximum Gasteiger partial charge on any atom is 0.404 e. The smallest absolute Gasteiger partial charge is 0.404 e. The second-order valence-corrected chi connectivity index (χ2v) is 5.12. The van der Waals surface area contributed by atoms with E-state index in [0.29, 0.717) is 19.1 Å². The standard InChI is InChI=1S/C14H23N3O5/c1-2-22-8-7-12(18)17-13(19)16-11-5-3-10(4-6-11)9-15-14(20)21/h7-8,10-11,15H,2-6,9H2,1H3,(H,20,21)(H2,16,17,18,19)/t10-,11-. The van der Waals surface area contributed by atoms with E-state index in [0.717, 1.165) is 31.8 Å². The second kappa shape index (κ2) is 9.64. The molecule has 0 aromatic carbocycles. The highest BCUT2D eigenvalue weighted by molar-refractivity contribution is 6.00. The number of rotatable bonds is 6. The first-order chi connectivity index (χ1) is 10.5. The number of carbonyl (C=O) groups excluding carboxylic acids is 2. The van der Waals surface area contributed by atoms with Gasteiger partial charge < -0.3 is 20.5 Å². The number of hydrogen-bond acceptors (Lipinski definition) is 4. The average molecular weight is 313 g/mol. The highest BCUT2D eigenvalue weighted by atomic mass is 16.5. The topological polar surface area (TPSA) is 117 Å². The number of nitrogens with one attached hydrogen (secondary N) is 3. The average Bonchev–Trinajstić information content (AvgIpc) is 2.46. The van der Waals surface area contributed by atoms with Crippen LogP contribution in [-0.4, -0.2) is 42.3 Å². The molecule has 4 amide bonds. The molecule has 124 valence electrons. The van der Waals surface area contributed by atoms with Crippen molar-refractivity contribution in [3.05, 3.63) is 12.3 Å². The maximum absolute atomic E-state index is 11.6.